The smallest absolute Gasteiger partial charge is 0.196 e. The number of hydrogen-bond donors (Lipinski definition) is 2. The van der Waals surface area contributed by atoms with Crippen LogP contribution in [-0.4, -0.2) is 49.1 Å². The van der Waals surface area contributed by atoms with Crippen LogP contribution < -0.4 is 4.74 Å². The molecule has 1 unspecified atom stereocenters. The van der Waals surface area contributed by atoms with Gasteiger partial charge in [-0.15, -0.1) is 10.2 Å². The van der Waals surface area contributed by atoms with Crippen molar-refractivity contribution in [2.24, 2.45) is 0 Å². The molecule has 7 nitrogen and oxygen atoms in total. The van der Waals surface area contributed by atoms with Gasteiger partial charge in [0.2, 0.25) is 0 Å². The molecule has 0 saturated heterocycles. The molecule has 3 aromatic carbocycles. The summed E-state index contributed by atoms with van der Waals surface area (Å²) in [7, 11) is 0. The van der Waals surface area contributed by atoms with E-state index in [2.05, 4.69) is 34.2 Å². The Kier molecular flexibility index (Phi) is 6.88. The van der Waals surface area contributed by atoms with E-state index in [1.165, 1.54) is 18.7 Å². The molecule has 8 heteroatoms. The Hall–Kier alpha value is -3.88. The van der Waals surface area contributed by atoms with Crippen molar-refractivity contribution in [1.29, 1.82) is 0 Å². The van der Waals surface area contributed by atoms with Crippen LogP contribution in [0.25, 0.3) is 28.0 Å². The maximum absolute atomic E-state index is 11.4. The third kappa shape index (κ3) is 4.91. The first-order chi connectivity index (χ1) is 17.5. The summed E-state index contributed by atoms with van der Waals surface area (Å²) in [4.78, 5) is 14.8. The van der Waals surface area contributed by atoms with Gasteiger partial charge >= 0.3 is 0 Å². The molecule has 2 aromatic heterocycles. The molecule has 0 amide bonds. The number of Topliss-reactive ketones (excluding diaryl/α,β-unsaturated/α-hetero) is 1. The van der Waals surface area contributed by atoms with Gasteiger partial charge in [-0.1, -0.05) is 48.2 Å². The van der Waals surface area contributed by atoms with Gasteiger partial charge in [-0.25, -0.2) is 0 Å². The maximum Gasteiger partial charge on any atom is 0.196 e. The van der Waals surface area contributed by atoms with Gasteiger partial charge in [0, 0.05) is 34.0 Å². The van der Waals surface area contributed by atoms with Crippen LogP contribution in [0.3, 0.4) is 0 Å². The second kappa shape index (κ2) is 10.4. The topological polar surface area (TPSA) is 93.0 Å². The highest BCUT2D eigenvalue weighted by molar-refractivity contribution is 7.99. The largest absolute Gasteiger partial charge is 0.491 e. The number of carbonyl (C=O) groups is 1. The predicted octanol–water partition coefficient (Wildman–Crippen LogP) is 5.46. The highest BCUT2D eigenvalue weighted by atomic mass is 32.2. The SMILES string of the molecule is CC(=O)c1ccc(OCC(O)CSc2nnc(-c3c[nH]c4ccccc34)n2-c2ccccc2C)cc1. The minimum absolute atomic E-state index is 0.00255. The third-order valence-electron chi connectivity index (χ3n) is 5.93. The number of aryl methyl sites for hydroxylation is 1. The van der Waals surface area contributed by atoms with Gasteiger partial charge in [0.15, 0.2) is 16.8 Å². The number of aromatic nitrogens is 4. The lowest BCUT2D eigenvalue weighted by molar-refractivity contribution is 0.101. The lowest BCUT2D eigenvalue weighted by Crippen LogP contribution is -2.20. The first kappa shape index (κ1) is 23.8. The second-order valence-corrected chi connectivity index (χ2v) is 9.52. The van der Waals surface area contributed by atoms with Gasteiger partial charge in [0.25, 0.3) is 0 Å². The molecule has 2 N–H and O–H groups in total. The minimum atomic E-state index is -0.721. The van der Waals surface area contributed by atoms with Crippen LogP contribution in [0.5, 0.6) is 5.75 Å². The van der Waals surface area contributed by atoms with E-state index in [9.17, 15) is 9.90 Å². The molecule has 5 aromatic rings. The lowest BCUT2D eigenvalue weighted by Gasteiger charge is -2.14. The molecule has 2 heterocycles. The molecule has 182 valence electrons. The zero-order valence-corrected chi connectivity index (χ0v) is 20.8. The molecular weight excluding hydrogens is 472 g/mol. The summed E-state index contributed by atoms with van der Waals surface area (Å²) < 4.78 is 7.76. The van der Waals surface area contributed by atoms with Gasteiger partial charge < -0.3 is 14.8 Å². The number of aromatic amines is 1. The van der Waals surface area contributed by atoms with Crippen LogP contribution in [0.15, 0.2) is 84.1 Å². The van der Waals surface area contributed by atoms with Crippen LogP contribution in [0.2, 0.25) is 0 Å². The van der Waals surface area contributed by atoms with E-state index in [1.54, 1.807) is 24.3 Å². The van der Waals surface area contributed by atoms with Gasteiger partial charge in [-0.3, -0.25) is 9.36 Å². The summed E-state index contributed by atoms with van der Waals surface area (Å²) in [5.74, 6) is 1.72. The molecule has 0 saturated carbocycles. The standard InChI is InChI=1S/C28H26N4O3S/c1-18-7-3-6-10-26(18)32-27(24-15-29-25-9-5-4-8-23(24)25)30-31-28(32)36-17-21(34)16-35-22-13-11-20(12-14-22)19(2)33/h3-15,21,29,34H,16-17H2,1-2H3. The maximum atomic E-state index is 11.4. The summed E-state index contributed by atoms with van der Waals surface area (Å²) in [6, 6.07) is 23.1. The highest BCUT2D eigenvalue weighted by Gasteiger charge is 2.21. The Morgan fingerprint density at radius 1 is 1.06 bits per heavy atom. The van der Waals surface area contributed by atoms with Crippen LogP contribution in [0.1, 0.15) is 22.8 Å². The molecular formula is C28H26N4O3S. The number of benzene rings is 3. The lowest BCUT2D eigenvalue weighted by atomic mass is 10.1. The molecule has 0 bridgehead atoms. The Morgan fingerprint density at radius 2 is 1.81 bits per heavy atom. The number of H-pyrrole nitrogens is 1. The Labute approximate surface area is 213 Å². The fraction of sp³-hybridized carbons (Fsp3) is 0.179. The zero-order chi connectivity index (χ0) is 25.1. The number of ether oxygens (including phenoxy) is 1. The molecule has 5 rings (SSSR count). The van der Waals surface area contributed by atoms with E-state index in [4.69, 9.17) is 4.74 Å². The molecule has 0 fully saturated rings. The van der Waals surface area contributed by atoms with E-state index < -0.39 is 6.10 Å². The Morgan fingerprint density at radius 3 is 2.58 bits per heavy atom. The monoisotopic (exact) mass is 498 g/mol. The average Bonchev–Trinajstić information content (AvgIpc) is 3.50. The molecule has 0 aliphatic carbocycles. The fourth-order valence-electron chi connectivity index (χ4n) is 4.02. The Bertz CT molecular complexity index is 1510. The van der Waals surface area contributed by atoms with Crippen molar-refractivity contribution >= 4 is 28.4 Å². The van der Waals surface area contributed by atoms with Crippen molar-refractivity contribution < 1.29 is 14.6 Å². The third-order valence-corrected chi connectivity index (χ3v) is 7.00. The van der Waals surface area contributed by atoms with Crippen molar-refractivity contribution in [2.45, 2.75) is 25.1 Å². The first-order valence-electron chi connectivity index (χ1n) is 11.6. The number of ketones is 1. The van der Waals surface area contributed by atoms with Crippen LogP contribution in [0, 0.1) is 6.92 Å². The molecule has 36 heavy (non-hydrogen) atoms. The molecule has 0 radical (unpaired) electrons. The van der Waals surface area contributed by atoms with Crippen LogP contribution in [0.4, 0.5) is 0 Å². The number of nitrogens with zero attached hydrogens (tertiary/aromatic N) is 3. The summed E-state index contributed by atoms with van der Waals surface area (Å²) in [6.45, 7) is 3.71. The number of aliphatic hydroxyl groups excluding tert-OH is 1. The van der Waals surface area contributed by atoms with Crippen LogP contribution >= 0.6 is 11.8 Å². The molecule has 1 atom stereocenters. The summed E-state index contributed by atoms with van der Waals surface area (Å²) >= 11 is 1.43. The van der Waals surface area contributed by atoms with E-state index in [0.29, 0.717) is 22.2 Å². The second-order valence-electron chi connectivity index (χ2n) is 8.53. The number of carbonyl (C=O) groups excluding carboxylic acids is 1. The van der Waals surface area contributed by atoms with Gasteiger partial charge in [0.1, 0.15) is 12.4 Å². The molecule has 0 spiro atoms. The summed E-state index contributed by atoms with van der Waals surface area (Å²) in [5, 5.41) is 21.4. The van der Waals surface area contributed by atoms with Crippen molar-refractivity contribution in [3.8, 4) is 22.8 Å². The Balaban J connectivity index is 1.37. The minimum Gasteiger partial charge on any atom is -0.491 e. The number of para-hydroxylation sites is 2. The number of nitrogens with one attached hydrogen (secondary N) is 1. The number of rotatable bonds is 9. The van der Waals surface area contributed by atoms with E-state index in [0.717, 1.165) is 33.5 Å². The van der Waals surface area contributed by atoms with Crippen molar-refractivity contribution in [1.82, 2.24) is 19.7 Å². The number of aliphatic hydroxyl groups is 1. The molecule has 0 aliphatic heterocycles. The van der Waals surface area contributed by atoms with Crippen molar-refractivity contribution in [3.05, 3.63) is 90.1 Å². The first-order valence-corrected chi connectivity index (χ1v) is 12.6. The number of fused-ring (bicyclic) bond motifs is 1. The average molecular weight is 499 g/mol. The van der Waals surface area contributed by atoms with Gasteiger partial charge in [0.05, 0.1) is 11.8 Å². The van der Waals surface area contributed by atoms with E-state index >= 15 is 0 Å². The quantitative estimate of drug-likeness (QED) is 0.207. The normalized spacial score (nSPS) is 12.1. The molecule has 0 aliphatic rings. The number of thioether (sulfide) groups is 1. The van der Waals surface area contributed by atoms with Crippen LogP contribution in [-0.2, 0) is 0 Å². The van der Waals surface area contributed by atoms with E-state index in [-0.39, 0.29) is 12.4 Å². The fourth-order valence-corrected chi connectivity index (χ4v) is 4.87. The number of hydrogen-bond acceptors (Lipinski definition) is 6. The zero-order valence-electron chi connectivity index (χ0n) is 20.0. The van der Waals surface area contributed by atoms with Gasteiger partial charge in [-0.05, 0) is 55.8 Å². The highest BCUT2D eigenvalue weighted by Crippen LogP contribution is 2.33. The van der Waals surface area contributed by atoms with Gasteiger partial charge in [-0.2, -0.15) is 0 Å². The predicted molar refractivity (Wildman–Crippen MR) is 142 cm³/mol. The summed E-state index contributed by atoms with van der Waals surface area (Å²) in [6.07, 6.45) is 1.24. The summed E-state index contributed by atoms with van der Waals surface area (Å²) in [5.41, 5.74) is 4.70. The van der Waals surface area contributed by atoms with Crippen molar-refractivity contribution in [3.63, 3.8) is 0 Å². The van der Waals surface area contributed by atoms with E-state index in [1.807, 2.05) is 47.2 Å². The van der Waals surface area contributed by atoms with Crippen molar-refractivity contribution in [2.75, 3.05) is 12.4 Å².